The Labute approximate surface area is 132 Å². The first kappa shape index (κ1) is 16.7. The summed E-state index contributed by atoms with van der Waals surface area (Å²) < 4.78 is 4.95. The van der Waals surface area contributed by atoms with E-state index >= 15 is 0 Å². The number of nitrogens with zero attached hydrogens (tertiary/aromatic N) is 3. The van der Waals surface area contributed by atoms with Crippen molar-refractivity contribution in [3.8, 4) is 0 Å². The molecule has 22 heavy (non-hydrogen) atoms. The number of hydrogen-bond acceptors (Lipinski definition) is 5. The number of ether oxygens (including phenoxy) is 1. The van der Waals surface area contributed by atoms with E-state index in [2.05, 4.69) is 27.1 Å². The van der Waals surface area contributed by atoms with E-state index in [-0.39, 0.29) is 5.91 Å². The van der Waals surface area contributed by atoms with Crippen LogP contribution in [-0.2, 0) is 4.74 Å². The van der Waals surface area contributed by atoms with E-state index in [1.165, 1.54) is 19.3 Å². The smallest absolute Gasteiger partial charge is 0.271 e. The zero-order chi connectivity index (χ0) is 15.8. The maximum Gasteiger partial charge on any atom is 0.271 e. The van der Waals surface area contributed by atoms with Gasteiger partial charge in [-0.1, -0.05) is 6.92 Å². The SMILES string of the molecule is CCC1CCCCN1c1cnc(C(=O)NCCCOC)cn1. The number of piperidine rings is 1. The molecule has 6 heteroatoms. The molecule has 2 heterocycles. The fraction of sp³-hybridized carbons (Fsp3) is 0.688. The first-order valence-electron chi connectivity index (χ1n) is 8.12. The molecular formula is C16H26N4O2. The van der Waals surface area contributed by atoms with Crippen LogP contribution >= 0.6 is 0 Å². The van der Waals surface area contributed by atoms with Crippen molar-refractivity contribution in [3.63, 3.8) is 0 Å². The zero-order valence-corrected chi connectivity index (χ0v) is 13.5. The van der Waals surface area contributed by atoms with Crippen molar-refractivity contribution in [2.24, 2.45) is 0 Å². The van der Waals surface area contributed by atoms with Gasteiger partial charge >= 0.3 is 0 Å². The predicted molar refractivity (Wildman–Crippen MR) is 86.1 cm³/mol. The highest BCUT2D eigenvalue weighted by Crippen LogP contribution is 2.24. The molecule has 0 saturated carbocycles. The quantitative estimate of drug-likeness (QED) is 0.781. The molecule has 0 radical (unpaired) electrons. The number of rotatable bonds is 7. The van der Waals surface area contributed by atoms with E-state index in [1.807, 2.05) is 0 Å². The highest BCUT2D eigenvalue weighted by Gasteiger charge is 2.22. The molecule has 1 unspecified atom stereocenters. The van der Waals surface area contributed by atoms with Gasteiger partial charge in [0, 0.05) is 32.8 Å². The number of methoxy groups -OCH3 is 1. The van der Waals surface area contributed by atoms with E-state index in [1.54, 1.807) is 19.5 Å². The molecule has 1 aromatic heterocycles. The highest BCUT2D eigenvalue weighted by atomic mass is 16.5. The number of amides is 1. The third kappa shape index (κ3) is 4.40. The van der Waals surface area contributed by atoms with Crippen LogP contribution in [-0.4, -0.2) is 48.7 Å². The highest BCUT2D eigenvalue weighted by molar-refractivity contribution is 5.91. The molecule has 1 fully saturated rings. The van der Waals surface area contributed by atoms with Crippen LogP contribution in [0.1, 0.15) is 49.5 Å². The fourth-order valence-corrected chi connectivity index (χ4v) is 2.82. The average molecular weight is 306 g/mol. The Kier molecular flexibility index (Phi) is 6.58. The standard InChI is InChI=1S/C16H26N4O2/c1-3-13-7-4-5-9-20(13)15-12-18-14(11-19-15)16(21)17-8-6-10-22-2/h11-13H,3-10H2,1-2H3,(H,17,21). The van der Waals surface area contributed by atoms with Gasteiger partial charge in [0.1, 0.15) is 11.5 Å². The maximum absolute atomic E-state index is 11.9. The van der Waals surface area contributed by atoms with Gasteiger partial charge in [0.2, 0.25) is 0 Å². The minimum absolute atomic E-state index is 0.180. The Balaban J connectivity index is 1.93. The molecule has 1 atom stereocenters. The molecule has 6 nitrogen and oxygen atoms in total. The van der Waals surface area contributed by atoms with Gasteiger partial charge in [0.05, 0.1) is 12.4 Å². The van der Waals surface area contributed by atoms with Gasteiger partial charge in [-0.25, -0.2) is 9.97 Å². The molecule has 0 aliphatic carbocycles. The lowest BCUT2D eigenvalue weighted by molar-refractivity contribution is 0.0943. The number of hydrogen-bond donors (Lipinski definition) is 1. The minimum atomic E-state index is -0.180. The molecule has 2 rings (SSSR count). The van der Waals surface area contributed by atoms with Crippen LogP contribution in [0.3, 0.4) is 0 Å². The molecule has 1 amide bonds. The molecule has 0 aromatic carbocycles. The van der Waals surface area contributed by atoms with Gasteiger partial charge in [-0.3, -0.25) is 4.79 Å². The Morgan fingerprint density at radius 3 is 2.95 bits per heavy atom. The van der Waals surface area contributed by atoms with E-state index in [0.717, 1.165) is 25.2 Å². The van der Waals surface area contributed by atoms with E-state index < -0.39 is 0 Å². The molecule has 1 saturated heterocycles. The summed E-state index contributed by atoms with van der Waals surface area (Å²) in [7, 11) is 1.65. The van der Waals surface area contributed by atoms with Crippen LogP contribution < -0.4 is 10.2 Å². The van der Waals surface area contributed by atoms with Crippen LogP contribution in [0.4, 0.5) is 5.82 Å². The van der Waals surface area contributed by atoms with Crippen molar-refractivity contribution in [1.29, 1.82) is 0 Å². The summed E-state index contributed by atoms with van der Waals surface area (Å²) in [6.07, 6.45) is 8.88. The summed E-state index contributed by atoms with van der Waals surface area (Å²) in [6, 6.07) is 0.539. The first-order chi connectivity index (χ1) is 10.8. The summed E-state index contributed by atoms with van der Waals surface area (Å²) in [5.41, 5.74) is 0.367. The molecule has 1 aliphatic heterocycles. The Hall–Kier alpha value is -1.69. The van der Waals surface area contributed by atoms with Gasteiger partial charge in [0.25, 0.3) is 5.91 Å². The van der Waals surface area contributed by atoms with E-state index in [4.69, 9.17) is 4.74 Å². The van der Waals surface area contributed by atoms with E-state index in [0.29, 0.717) is 24.9 Å². The molecule has 1 aliphatic rings. The Morgan fingerprint density at radius 2 is 2.27 bits per heavy atom. The summed E-state index contributed by atoms with van der Waals surface area (Å²) in [5, 5.41) is 2.82. The van der Waals surface area contributed by atoms with Crippen LogP contribution in [0.25, 0.3) is 0 Å². The second kappa shape index (κ2) is 8.68. The van der Waals surface area contributed by atoms with Crippen LogP contribution in [0, 0.1) is 0 Å². The third-order valence-electron chi connectivity index (χ3n) is 4.07. The second-order valence-electron chi connectivity index (χ2n) is 5.61. The van der Waals surface area contributed by atoms with Crippen LogP contribution in [0.2, 0.25) is 0 Å². The van der Waals surface area contributed by atoms with Crippen molar-refractivity contribution in [1.82, 2.24) is 15.3 Å². The minimum Gasteiger partial charge on any atom is -0.385 e. The number of nitrogens with one attached hydrogen (secondary N) is 1. The molecule has 0 spiro atoms. The summed E-state index contributed by atoms with van der Waals surface area (Å²) in [5.74, 6) is 0.698. The number of carbonyl (C=O) groups excluding carboxylic acids is 1. The molecular weight excluding hydrogens is 280 g/mol. The van der Waals surface area contributed by atoms with Crippen molar-refractivity contribution in [2.45, 2.75) is 45.1 Å². The summed E-state index contributed by atoms with van der Waals surface area (Å²) in [6.45, 7) is 4.45. The molecule has 1 N–H and O–H groups in total. The van der Waals surface area contributed by atoms with Crippen LogP contribution in [0.5, 0.6) is 0 Å². The lowest BCUT2D eigenvalue weighted by atomic mass is 10.0. The topological polar surface area (TPSA) is 67.4 Å². The largest absolute Gasteiger partial charge is 0.385 e. The van der Waals surface area contributed by atoms with Gasteiger partial charge in [-0.05, 0) is 32.1 Å². The van der Waals surface area contributed by atoms with Crippen molar-refractivity contribution < 1.29 is 9.53 Å². The zero-order valence-electron chi connectivity index (χ0n) is 13.5. The van der Waals surface area contributed by atoms with Gasteiger partial charge in [-0.2, -0.15) is 0 Å². The Bertz CT molecular complexity index is 464. The Morgan fingerprint density at radius 1 is 1.41 bits per heavy atom. The lowest BCUT2D eigenvalue weighted by Crippen LogP contribution is -2.39. The monoisotopic (exact) mass is 306 g/mol. The normalized spacial score (nSPS) is 18.3. The average Bonchev–Trinajstić information content (AvgIpc) is 2.58. The molecule has 122 valence electrons. The third-order valence-corrected chi connectivity index (χ3v) is 4.07. The van der Waals surface area contributed by atoms with Crippen molar-refractivity contribution in [3.05, 3.63) is 18.1 Å². The summed E-state index contributed by atoms with van der Waals surface area (Å²) >= 11 is 0. The predicted octanol–water partition coefficient (Wildman–Crippen LogP) is 2.01. The van der Waals surface area contributed by atoms with Gasteiger partial charge < -0.3 is 15.0 Å². The number of carbonyl (C=O) groups is 1. The van der Waals surface area contributed by atoms with Gasteiger partial charge in [0.15, 0.2) is 0 Å². The number of aromatic nitrogens is 2. The lowest BCUT2D eigenvalue weighted by Gasteiger charge is -2.35. The fourth-order valence-electron chi connectivity index (χ4n) is 2.82. The molecule has 1 aromatic rings. The van der Waals surface area contributed by atoms with E-state index in [9.17, 15) is 4.79 Å². The first-order valence-corrected chi connectivity index (χ1v) is 8.12. The van der Waals surface area contributed by atoms with Crippen molar-refractivity contribution >= 4 is 11.7 Å². The number of anilines is 1. The molecule has 0 bridgehead atoms. The maximum atomic E-state index is 11.9. The van der Waals surface area contributed by atoms with Crippen LogP contribution in [0.15, 0.2) is 12.4 Å². The second-order valence-corrected chi connectivity index (χ2v) is 5.61. The summed E-state index contributed by atoms with van der Waals surface area (Å²) in [4.78, 5) is 23.0. The van der Waals surface area contributed by atoms with Gasteiger partial charge in [-0.15, -0.1) is 0 Å². The van der Waals surface area contributed by atoms with Crippen molar-refractivity contribution in [2.75, 3.05) is 31.7 Å².